The second-order valence-electron chi connectivity index (χ2n) is 5.06. The van der Waals surface area contributed by atoms with Gasteiger partial charge in [-0.15, -0.1) is 0 Å². The van der Waals surface area contributed by atoms with E-state index in [2.05, 4.69) is 24.1 Å². The van der Waals surface area contributed by atoms with E-state index in [0.29, 0.717) is 22.6 Å². The van der Waals surface area contributed by atoms with E-state index in [1.807, 2.05) is 36.5 Å². The number of nitrogens with zero attached hydrogens (tertiary/aromatic N) is 1. The molecule has 0 fully saturated rings. The average Bonchev–Trinajstić information content (AvgIpc) is 2.43. The molecule has 2 rings (SSSR count). The number of nitrogens with one attached hydrogen (secondary N) is 1. The van der Waals surface area contributed by atoms with Crippen molar-refractivity contribution in [2.75, 3.05) is 6.54 Å². The van der Waals surface area contributed by atoms with Crippen LogP contribution in [0.3, 0.4) is 0 Å². The Kier molecular flexibility index (Phi) is 5.39. The molecule has 0 aliphatic rings. The minimum Gasteiger partial charge on any atom is -0.437 e. The van der Waals surface area contributed by atoms with Gasteiger partial charge in [0.2, 0.25) is 5.88 Å². The van der Waals surface area contributed by atoms with E-state index in [-0.39, 0.29) is 0 Å². The van der Waals surface area contributed by atoms with E-state index in [1.165, 1.54) is 0 Å². The Morgan fingerprint density at radius 1 is 1.20 bits per heavy atom. The highest BCUT2D eigenvalue weighted by Crippen LogP contribution is 2.27. The predicted octanol–water partition coefficient (Wildman–Crippen LogP) is 4.27. The molecular formula is C16H19ClN2O. The van der Waals surface area contributed by atoms with Crippen molar-refractivity contribution in [2.24, 2.45) is 5.92 Å². The van der Waals surface area contributed by atoms with Gasteiger partial charge in [-0.3, -0.25) is 0 Å². The predicted molar refractivity (Wildman–Crippen MR) is 82.3 cm³/mol. The fourth-order valence-electron chi connectivity index (χ4n) is 1.72. The summed E-state index contributed by atoms with van der Waals surface area (Å²) in [7, 11) is 0. The minimum absolute atomic E-state index is 0.547. The summed E-state index contributed by atoms with van der Waals surface area (Å²) < 4.78 is 5.64. The third kappa shape index (κ3) is 4.51. The van der Waals surface area contributed by atoms with Gasteiger partial charge in [-0.1, -0.05) is 43.6 Å². The van der Waals surface area contributed by atoms with Crippen LogP contribution in [0.2, 0.25) is 5.02 Å². The van der Waals surface area contributed by atoms with Crippen LogP contribution >= 0.6 is 11.6 Å². The van der Waals surface area contributed by atoms with E-state index in [4.69, 9.17) is 16.3 Å². The maximum atomic E-state index is 6.04. The monoisotopic (exact) mass is 290 g/mol. The lowest BCUT2D eigenvalue weighted by Crippen LogP contribution is -2.18. The number of halogens is 1. The molecule has 0 saturated heterocycles. The number of hydrogen-bond donors (Lipinski definition) is 1. The third-order valence-corrected chi connectivity index (χ3v) is 3.04. The molecule has 1 heterocycles. The molecule has 0 aliphatic carbocycles. The maximum Gasteiger partial charge on any atom is 0.219 e. The topological polar surface area (TPSA) is 34.1 Å². The van der Waals surface area contributed by atoms with Crippen molar-refractivity contribution in [2.45, 2.75) is 20.4 Å². The van der Waals surface area contributed by atoms with Crippen LogP contribution in [-0.2, 0) is 6.54 Å². The summed E-state index contributed by atoms with van der Waals surface area (Å²) in [6.45, 7) is 6.19. The zero-order valence-electron chi connectivity index (χ0n) is 11.8. The fourth-order valence-corrected chi connectivity index (χ4v) is 1.90. The molecule has 0 aliphatic heterocycles. The van der Waals surface area contributed by atoms with Crippen molar-refractivity contribution in [3.63, 3.8) is 0 Å². The van der Waals surface area contributed by atoms with Crippen molar-refractivity contribution in [3.05, 3.63) is 53.2 Å². The van der Waals surface area contributed by atoms with Gasteiger partial charge in [0.15, 0.2) is 0 Å². The average molecular weight is 291 g/mol. The first-order chi connectivity index (χ1) is 9.65. The van der Waals surface area contributed by atoms with Gasteiger partial charge in [-0.25, -0.2) is 4.98 Å². The van der Waals surface area contributed by atoms with Gasteiger partial charge < -0.3 is 10.1 Å². The Labute approximate surface area is 124 Å². The molecule has 0 atom stereocenters. The lowest BCUT2D eigenvalue weighted by atomic mass is 10.2. The first-order valence-corrected chi connectivity index (χ1v) is 7.11. The minimum atomic E-state index is 0.547. The molecule has 1 aromatic carbocycles. The Morgan fingerprint density at radius 3 is 2.65 bits per heavy atom. The molecular weight excluding hydrogens is 272 g/mol. The van der Waals surface area contributed by atoms with Crippen molar-refractivity contribution >= 4 is 11.6 Å². The van der Waals surface area contributed by atoms with Crippen LogP contribution in [0.5, 0.6) is 11.6 Å². The number of hydrogen-bond acceptors (Lipinski definition) is 3. The van der Waals surface area contributed by atoms with Crippen LogP contribution in [0, 0.1) is 5.92 Å². The molecule has 0 radical (unpaired) electrons. The highest BCUT2D eigenvalue weighted by molar-refractivity contribution is 6.32. The van der Waals surface area contributed by atoms with Gasteiger partial charge in [0.25, 0.3) is 0 Å². The van der Waals surface area contributed by atoms with Gasteiger partial charge in [0.05, 0.1) is 5.02 Å². The standard InChI is InChI=1S/C16H19ClN2O/c1-12(2)9-18-10-13-7-8-16(19-11-13)20-15-6-4-3-5-14(15)17/h3-8,11-12,18H,9-10H2,1-2H3. The van der Waals surface area contributed by atoms with E-state index in [9.17, 15) is 0 Å². The normalized spacial score (nSPS) is 10.8. The number of aromatic nitrogens is 1. The second-order valence-corrected chi connectivity index (χ2v) is 5.47. The van der Waals surface area contributed by atoms with Crippen molar-refractivity contribution in [1.29, 1.82) is 0 Å². The van der Waals surface area contributed by atoms with Crippen LogP contribution in [-0.4, -0.2) is 11.5 Å². The molecule has 0 bridgehead atoms. The van der Waals surface area contributed by atoms with E-state index in [1.54, 1.807) is 6.07 Å². The molecule has 0 spiro atoms. The number of benzene rings is 1. The summed E-state index contributed by atoms with van der Waals surface area (Å²) in [4.78, 5) is 4.29. The van der Waals surface area contributed by atoms with Crippen LogP contribution in [0.4, 0.5) is 0 Å². The van der Waals surface area contributed by atoms with Crippen LogP contribution in [0.15, 0.2) is 42.6 Å². The van der Waals surface area contributed by atoms with Gasteiger partial charge in [0, 0.05) is 18.8 Å². The summed E-state index contributed by atoms with van der Waals surface area (Å²) >= 11 is 6.04. The van der Waals surface area contributed by atoms with Crippen molar-refractivity contribution < 1.29 is 4.74 Å². The second kappa shape index (κ2) is 7.27. The molecule has 1 N–H and O–H groups in total. The summed E-state index contributed by atoms with van der Waals surface area (Å²) in [6, 6.07) is 11.2. The molecule has 2 aromatic rings. The van der Waals surface area contributed by atoms with E-state index in [0.717, 1.165) is 18.7 Å². The lowest BCUT2D eigenvalue weighted by molar-refractivity contribution is 0.462. The summed E-state index contributed by atoms with van der Waals surface area (Å²) in [5.41, 5.74) is 1.14. The molecule has 0 amide bonds. The van der Waals surface area contributed by atoms with Crippen LogP contribution < -0.4 is 10.1 Å². The number of para-hydroxylation sites is 1. The molecule has 20 heavy (non-hydrogen) atoms. The van der Waals surface area contributed by atoms with Gasteiger partial charge in [-0.2, -0.15) is 0 Å². The Bertz CT molecular complexity index is 540. The summed E-state index contributed by atoms with van der Waals surface area (Å²) in [6.07, 6.45) is 1.82. The summed E-state index contributed by atoms with van der Waals surface area (Å²) in [5, 5.41) is 3.96. The van der Waals surface area contributed by atoms with Crippen LogP contribution in [0.1, 0.15) is 19.4 Å². The zero-order chi connectivity index (χ0) is 14.4. The SMILES string of the molecule is CC(C)CNCc1ccc(Oc2ccccc2Cl)nc1. The fraction of sp³-hybridized carbons (Fsp3) is 0.312. The smallest absolute Gasteiger partial charge is 0.219 e. The van der Waals surface area contributed by atoms with E-state index >= 15 is 0 Å². The number of ether oxygens (including phenoxy) is 1. The Balaban J connectivity index is 1.93. The molecule has 0 unspecified atom stereocenters. The molecule has 4 heteroatoms. The molecule has 1 aromatic heterocycles. The molecule has 106 valence electrons. The quantitative estimate of drug-likeness (QED) is 0.862. The lowest BCUT2D eigenvalue weighted by Gasteiger charge is -2.09. The largest absolute Gasteiger partial charge is 0.437 e. The first kappa shape index (κ1) is 14.8. The highest BCUT2D eigenvalue weighted by atomic mass is 35.5. The van der Waals surface area contributed by atoms with Crippen molar-refractivity contribution in [1.82, 2.24) is 10.3 Å². The van der Waals surface area contributed by atoms with Crippen LogP contribution in [0.25, 0.3) is 0 Å². The van der Waals surface area contributed by atoms with Gasteiger partial charge in [0.1, 0.15) is 5.75 Å². The number of pyridine rings is 1. The highest BCUT2D eigenvalue weighted by Gasteiger charge is 2.03. The molecule has 0 saturated carbocycles. The first-order valence-electron chi connectivity index (χ1n) is 6.73. The molecule has 3 nitrogen and oxygen atoms in total. The maximum absolute atomic E-state index is 6.04. The third-order valence-electron chi connectivity index (χ3n) is 2.73. The number of rotatable bonds is 6. The summed E-state index contributed by atoms with van der Waals surface area (Å²) in [5.74, 6) is 1.81. The van der Waals surface area contributed by atoms with Crippen molar-refractivity contribution in [3.8, 4) is 11.6 Å². The van der Waals surface area contributed by atoms with E-state index < -0.39 is 0 Å². The van der Waals surface area contributed by atoms with Gasteiger partial charge in [-0.05, 0) is 30.2 Å². The Hall–Kier alpha value is -1.58. The Morgan fingerprint density at radius 2 is 2.00 bits per heavy atom. The zero-order valence-corrected chi connectivity index (χ0v) is 12.5. The van der Waals surface area contributed by atoms with Gasteiger partial charge >= 0.3 is 0 Å².